The number of likely N-dealkylation sites (N-methyl/N-ethyl adjacent to an activating group) is 2. The quantitative estimate of drug-likeness (QED) is 0.124. The van der Waals surface area contributed by atoms with Crippen molar-refractivity contribution in [3.8, 4) is 17.4 Å². The highest BCUT2D eigenvalue weighted by atomic mass is 35.5. The lowest BCUT2D eigenvalue weighted by atomic mass is 10.1. The van der Waals surface area contributed by atoms with Crippen LogP contribution in [0.5, 0.6) is 17.4 Å². The van der Waals surface area contributed by atoms with Gasteiger partial charge in [-0.3, -0.25) is 9.59 Å². The number of amides is 2. The van der Waals surface area contributed by atoms with Crippen LogP contribution in [0.2, 0.25) is 5.02 Å². The second kappa shape index (κ2) is 18.1. The molecule has 1 aliphatic rings. The van der Waals surface area contributed by atoms with Crippen LogP contribution < -0.4 is 20.1 Å². The van der Waals surface area contributed by atoms with E-state index in [1.807, 2.05) is 45.9 Å². The molecule has 0 radical (unpaired) electrons. The van der Waals surface area contributed by atoms with Crippen molar-refractivity contribution in [2.24, 2.45) is 0 Å². The topological polar surface area (TPSA) is 112 Å². The Labute approximate surface area is 310 Å². The van der Waals surface area contributed by atoms with Crippen molar-refractivity contribution in [3.63, 3.8) is 0 Å². The SMILES string of the molecule is CCN(CC)C(=O)Cc1ccc(Oc2nc(Nc3ccc(OCCCN4CCN(C)CC4)c(F)c3)ncc2C(=O)Nc2c(C)cccc2C)c(Cl)c1. The van der Waals surface area contributed by atoms with E-state index in [1.54, 1.807) is 35.2 Å². The predicted octanol–water partition coefficient (Wildman–Crippen LogP) is 7.10. The molecule has 1 aliphatic heterocycles. The molecule has 1 fully saturated rings. The van der Waals surface area contributed by atoms with E-state index < -0.39 is 11.7 Å². The summed E-state index contributed by atoms with van der Waals surface area (Å²) >= 11 is 6.64. The van der Waals surface area contributed by atoms with Gasteiger partial charge in [0.15, 0.2) is 11.6 Å². The summed E-state index contributed by atoms with van der Waals surface area (Å²) in [6, 6.07) is 15.3. The average Bonchev–Trinajstić information content (AvgIpc) is 3.11. The summed E-state index contributed by atoms with van der Waals surface area (Å²) in [5, 5.41) is 6.18. The van der Waals surface area contributed by atoms with Crippen molar-refractivity contribution >= 4 is 40.7 Å². The molecule has 2 heterocycles. The van der Waals surface area contributed by atoms with Gasteiger partial charge in [-0.1, -0.05) is 35.9 Å². The smallest absolute Gasteiger partial charge is 0.262 e. The van der Waals surface area contributed by atoms with Gasteiger partial charge in [0.2, 0.25) is 17.7 Å². The van der Waals surface area contributed by atoms with Gasteiger partial charge >= 0.3 is 0 Å². The average molecular weight is 732 g/mol. The van der Waals surface area contributed by atoms with Crippen molar-refractivity contribution in [2.75, 3.05) is 70.1 Å². The van der Waals surface area contributed by atoms with Crippen LogP contribution in [-0.2, 0) is 11.2 Å². The number of aromatic nitrogens is 2. The molecule has 0 spiro atoms. The monoisotopic (exact) mass is 731 g/mol. The van der Waals surface area contributed by atoms with E-state index in [-0.39, 0.29) is 46.2 Å². The zero-order valence-electron chi connectivity index (χ0n) is 30.5. The number of piperazine rings is 1. The molecule has 3 aromatic carbocycles. The number of ether oxygens (including phenoxy) is 2. The molecule has 276 valence electrons. The van der Waals surface area contributed by atoms with Gasteiger partial charge in [0, 0.05) is 69.5 Å². The zero-order valence-corrected chi connectivity index (χ0v) is 31.2. The van der Waals surface area contributed by atoms with Crippen LogP contribution in [0.25, 0.3) is 0 Å². The molecular weight excluding hydrogens is 685 g/mol. The molecule has 2 N–H and O–H groups in total. The van der Waals surface area contributed by atoms with Crippen molar-refractivity contribution in [2.45, 2.75) is 40.5 Å². The molecule has 0 saturated carbocycles. The molecule has 11 nitrogen and oxygen atoms in total. The third-order valence-corrected chi connectivity index (χ3v) is 9.35. The largest absolute Gasteiger partial charge is 0.490 e. The lowest BCUT2D eigenvalue weighted by Gasteiger charge is -2.32. The van der Waals surface area contributed by atoms with Crippen LogP contribution >= 0.6 is 11.6 Å². The summed E-state index contributed by atoms with van der Waals surface area (Å²) in [6.45, 7) is 14.4. The van der Waals surface area contributed by atoms with Crippen LogP contribution in [0.15, 0.2) is 60.8 Å². The maximum Gasteiger partial charge on any atom is 0.262 e. The molecule has 0 atom stereocenters. The Morgan fingerprint density at radius 1 is 0.981 bits per heavy atom. The summed E-state index contributed by atoms with van der Waals surface area (Å²) in [4.78, 5) is 41.6. The summed E-state index contributed by atoms with van der Waals surface area (Å²) in [7, 11) is 2.12. The first kappa shape index (κ1) is 38.5. The van der Waals surface area contributed by atoms with Gasteiger partial charge in [0.1, 0.15) is 11.3 Å². The third-order valence-electron chi connectivity index (χ3n) is 9.05. The second-order valence-electron chi connectivity index (χ2n) is 12.9. The fourth-order valence-corrected chi connectivity index (χ4v) is 6.16. The van der Waals surface area contributed by atoms with E-state index >= 15 is 4.39 Å². The Hall–Kier alpha value is -4.78. The van der Waals surface area contributed by atoms with Gasteiger partial charge < -0.3 is 34.8 Å². The first-order chi connectivity index (χ1) is 25.0. The number of hydrogen-bond acceptors (Lipinski definition) is 9. The fraction of sp³-hybridized carbons (Fsp3) is 0.385. The molecule has 0 bridgehead atoms. The lowest BCUT2D eigenvalue weighted by molar-refractivity contribution is -0.130. The van der Waals surface area contributed by atoms with Crippen molar-refractivity contribution < 1.29 is 23.5 Å². The van der Waals surface area contributed by atoms with Gasteiger partial charge in [0.05, 0.1) is 18.1 Å². The molecule has 1 aromatic heterocycles. The summed E-state index contributed by atoms with van der Waals surface area (Å²) < 4.78 is 27.0. The lowest BCUT2D eigenvalue weighted by Crippen LogP contribution is -2.44. The van der Waals surface area contributed by atoms with Crippen molar-refractivity contribution in [1.29, 1.82) is 0 Å². The number of anilines is 3. The maximum atomic E-state index is 15.1. The minimum absolute atomic E-state index is 0.0102. The number of hydrogen-bond donors (Lipinski definition) is 2. The molecule has 0 unspecified atom stereocenters. The van der Waals surface area contributed by atoms with Crippen molar-refractivity contribution in [1.82, 2.24) is 24.7 Å². The molecule has 52 heavy (non-hydrogen) atoms. The second-order valence-corrected chi connectivity index (χ2v) is 13.3. The first-order valence-corrected chi connectivity index (χ1v) is 18.0. The van der Waals surface area contributed by atoms with E-state index in [2.05, 4.69) is 37.4 Å². The van der Waals surface area contributed by atoms with Gasteiger partial charge in [-0.15, -0.1) is 0 Å². The highest BCUT2D eigenvalue weighted by Crippen LogP contribution is 2.33. The summed E-state index contributed by atoms with van der Waals surface area (Å²) in [5.74, 6) is -0.652. The third kappa shape index (κ3) is 10.2. The van der Waals surface area contributed by atoms with E-state index in [0.717, 1.165) is 55.8 Å². The normalized spacial score (nSPS) is 13.4. The van der Waals surface area contributed by atoms with Crippen LogP contribution in [0.3, 0.4) is 0 Å². The summed E-state index contributed by atoms with van der Waals surface area (Å²) in [5.41, 5.74) is 3.59. The van der Waals surface area contributed by atoms with E-state index in [0.29, 0.717) is 31.1 Å². The van der Waals surface area contributed by atoms with Crippen LogP contribution in [0.4, 0.5) is 21.7 Å². The Bertz CT molecular complexity index is 1840. The number of carbonyl (C=O) groups is 2. The Morgan fingerprint density at radius 3 is 2.37 bits per heavy atom. The zero-order chi connectivity index (χ0) is 37.2. The molecule has 4 aromatic rings. The predicted molar refractivity (Wildman–Crippen MR) is 203 cm³/mol. The standard InChI is InChI=1S/C39H47ClFN7O4/c1-6-48(7-2)35(49)23-28-12-14-33(31(40)22-28)52-38-30(37(50)44-36-26(3)10-8-11-27(36)4)25-42-39(45-38)43-29-13-15-34(32(41)24-29)51-21-9-16-47-19-17-46(5)18-20-47/h8,10-15,22,24-25H,6-7,9,16-21,23H2,1-5H3,(H,44,50)(H,42,43,45). The van der Waals surface area contributed by atoms with Crippen LogP contribution in [0, 0.1) is 19.7 Å². The summed E-state index contributed by atoms with van der Waals surface area (Å²) in [6.07, 6.45) is 2.32. The number of nitrogens with one attached hydrogen (secondary N) is 2. The van der Waals surface area contributed by atoms with Gasteiger partial charge in [-0.25, -0.2) is 9.37 Å². The number of para-hydroxylation sites is 1. The molecule has 1 saturated heterocycles. The van der Waals surface area contributed by atoms with Gasteiger partial charge in [0.25, 0.3) is 5.91 Å². The van der Waals surface area contributed by atoms with Gasteiger partial charge in [-0.05, 0) is 82.1 Å². The van der Waals surface area contributed by atoms with Crippen molar-refractivity contribution in [3.05, 3.63) is 93.9 Å². The first-order valence-electron chi connectivity index (χ1n) is 17.6. The minimum atomic E-state index is -0.531. The fourth-order valence-electron chi connectivity index (χ4n) is 5.92. The van der Waals surface area contributed by atoms with Crippen LogP contribution in [0.1, 0.15) is 47.3 Å². The van der Waals surface area contributed by atoms with E-state index in [1.165, 1.54) is 12.3 Å². The van der Waals surface area contributed by atoms with Gasteiger partial charge in [-0.2, -0.15) is 4.98 Å². The highest BCUT2D eigenvalue weighted by Gasteiger charge is 2.21. The molecule has 0 aliphatic carbocycles. The maximum absolute atomic E-state index is 15.1. The minimum Gasteiger partial charge on any atom is -0.490 e. The van der Waals surface area contributed by atoms with E-state index in [4.69, 9.17) is 21.1 Å². The Kier molecular flexibility index (Phi) is 13.4. The number of carbonyl (C=O) groups excluding carboxylic acids is 2. The Morgan fingerprint density at radius 2 is 1.69 bits per heavy atom. The molecular formula is C39H47ClFN7O4. The Balaban J connectivity index is 1.32. The number of aryl methyl sites for hydroxylation is 2. The van der Waals surface area contributed by atoms with E-state index in [9.17, 15) is 9.59 Å². The number of halogens is 2. The van der Waals surface area contributed by atoms with Crippen LogP contribution in [-0.4, -0.2) is 95.9 Å². The number of benzene rings is 3. The number of nitrogens with zero attached hydrogens (tertiary/aromatic N) is 5. The highest BCUT2D eigenvalue weighted by molar-refractivity contribution is 6.32. The molecule has 5 rings (SSSR count). The molecule has 2 amide bonds. The molecule has 13 heteroatoms. The number of rotatable bonds is 15.